The Bertz CT molecular complexity index is 328. The lowest BCUT2D eigenvalue weighted by atomic mass is 10.0. The summed E-state index contributed by atoms with van der Waals surface area (Å²) in [6.45, 7) is 2.22. The van der Waals surface area contributed by atoms with Gasteiger partial charge in [-0.15, -0.1) is 0 Å². The molecule has 1 aromatic carbocycles. The van der Waals surface area contributed by atoms with Crippen molar-refractivity contribution in [3.63, 3.8) is 0 Å². The highest BCUT2D eigenvalue weighted by Crippen LogP contribution is 2.33. The predicted octanol–water partition coefficient (Wildman–Crippen LogP) is 1.72. The molecule has 4 heteroatoms. The van der Waals surface area contributed by atoms with Gasteiger partial charge in [0.25, 0.3) is 0 Å². The Balaban J connectivity index is 3.11. The van der Waals surface area contributed by atoms with Gasteiger partial charge in [-0.05, 0) is 25.6 Å². The van der Waals surface area contributed by atoms with Crippen LogP contribution in [0.5, 0.6) is 5.75 Å². The van der Waals surface area contributed by atoms with E-state index in [1.165, 1.54) is 0 Å². The molecule has 0 fully saturated rings. The Morgan fingerprint density at radius 3 is 2.71 bits per heavy atom. The van der Waals surface area contributed by atoms with Gasteiger partial charge < -0.3 is 15.5 Å². The maximum atomic E-state index is 9.76. The average Bonchev–Trinajstić information content (AvgIpc) is 2.13. The van der Waals surface area contributed by atoms with E-state index in [9.17, 15) is 10.2 Å². The molecule has 14 heavy (non-hydrogen) atoms. The van der Waals surface area contributed by atoms with Crippen molar-refractivity contribution in [1.29, 1.82) is 0 Å². The first-order valence-corrected chi connectivity index (χ1v) is 5.17. The molecule has 3 N–H and O–H groups in total. The van der Waals surface area contributed by atoms with Crippen LogP contribution in [0.2, 0.25) is 0 Å². The quantitative estimate of drug-likeness (QED) is 0.775. The third-order valence-electron chi connectivity index (χ3n) is 2.10. The second-order valence-electron chi connectivity index (χ2n) is 3.20. The molecule has 78 valence electrons. The number of nitrogens with one attached hydrogen (secondary N) is 1. The third-order valence-corrected chi connectivity index (χ3v) is 2.79. The van der Waals surface area contributed by atoms with Crippen molar-refractivity contribution >= 4 is 15.9 Å². The number of phenolic OH excluding ortho intramolecular Hbond substituents is 1. The summed E-state index contributed by atoms with van der Waals surface area (Å²) in [5.41, 5.74) is 1.30. The van der Waals surface area contributed by atoms with E-state index in [-0.39, 0.29) is 5.75 Å². The SMILES string of the molecule is CNCC(O)c1c(Br)ccc(C)c1O. The number of aryl methyl sites for hydroxylation is 1. The first-order chi connectivity index (χ1) is 6.57. The van der Waals surface area contributed by atoms with E-state index < -0.39 is 6.10 Å². The van der Waals surface area contributed by atoms with E-state index >= 15 is 0 Å². The molecule has 0 saturated heterocycles. The van der Waals surface area contributed by atoms with E-state index in [0.717, 1.165) is 10.0 Å². The summed E-state index contributed by atoms with van der Waals surface area (Å²) >= 11 is 3.30. The number of hydrogen-bond acceptors (Lipinski definition) is 3. The molecule has 0 aromatic heterocycles. The normalized spacial score (nSPS) is 12.9. The number of likely N-dealkylation sites (N-methyl/N-ethyl adjacent to an activating group) is 1. The van der Waals surface area contributed by atoms with Gasteiger partial charge in [-0.25, -0.2) is 0 Å². The lowest BCUT2D eigenvalue weighted by Gasteiger charge is -2.15. The molecular weight excluding hydrogens is 246 g/mol. The van der Waals surface area contributed by atoms with Crippen LogP contribution in [-0.2, 0) is 0 Å². The molecule has 1 atom stereocenters. The largest absolute Gasteiger partial charge is 0.507 e. The molecule has 1 rings (SSSR count). The second-order valence-corrected chi connectivity index (χ2v) is 4.05. The van der Waals surface area contributed by atoms with Gasteiger partial charge in [-0.2, -0.15) is 0 Å². The van der Waals surface area contributed by atoms with E-state index in [0.29, 0.717) is 12.1 Å². The number of aromatic hydroxyl groups is 1. The topological polar surface area (TPSA) is 52.5 Å². The van der Waals surface area contributed by atoms with Gasteiger partial charge in [-0.3, -0.25) is 0 Å². The van der Waals surface area contributed by atoms with Crippen molar-refractivity contribution in [3.05, 3.63) is 27.7 Å². The fourth-order valence-corrected chi connectivity index (χ4v) is 1.89. The molecule has 0 aliphatic rings. The molecule has 0 aliphatic heterocycles. The third kappa shape index (κ3) is 2.26. The minimum absolute atomic E-state index is 0.155. The molecule has 0 bridgehead atoms. The first kappa shape index (κ1) is 11.5. The Labute approximate surface area is 91.9 Å². The Morgan fingerprint density at radius 1 is 1.50 bits per heavy atom. The fraction of sp³-hybridized carbons (Fsp3) is 0.400. The van der Waals surface area contributed by atoms with Crippen LogP contribution in [0.3, 0.4) is 0 Å². The minimum Gasteiger partial charge on any atom is -0.507 e. The molecule has 0 amide bonds. The summed E-state index contributed by atoms with van der Waals surface area (Å²) in [7, 11) is 1.75. The Hall–Kier alpha value is -0.580. The summed E-state index contributed by atoms with van der Waals surface area (Å²) in [5.74, 6) is 0.155. The lowest BCUT2D eigenvalue weighted by molar-refractivity contribution is 0.173. The Kier molecular flexibility index (Phi) is 3.92. The van der Waals surface area contributed by atoms with Crippen molar-refractivity contribution in [2.24, 2.45) is 0 Å². The number of halogens is 1. The van der Waals surface area contributed by atoms with Crippen LogP contribution in [-0.4, -0.2) is 23.8 Å². The number of rotatable bonds is 3. The van der Waals surface area contributed by atoms with Gasteiger partial charge in [0.1, 0.15) is 5.75 Å². The highest BCUT2D eigenvalue weighted by atomic mass is 79.9. The predicted molar refractivity (Wildman–Crippen MR) is 59.4 cm³/mol. The van der Waals surface area contributed by atoms with Crippen molar-refractivity contribution in [3.8, 4) is 5.75 Å². The number of aliphatic hydroxyl groups excluding tert-OH is 1. The maximum Gasteiger partial charge on any atom is 0.125 e. The summed E-state index contributed by atoms with van der Waals surface area (Å²) in [6.07, 6.45) is -0.700. The van der Waals surface area contributed by atoms with Crippen molar-refractivity contribution in [2.75, 3.05) is 13.6 Å². The smallest absolute Gasteiger partial charge is 0.125 e. The van der Waals surface area contributed by atoms with Crippen LogP contribution in [0, 0.1) is 6.92 Å². The van der Waals surface area contributed by atoms with Gasteiger partial charge in [0.15, 0.2) is 0 Å². The van der Waals surface area contributed by atoms with E-state index in [1.807, 2.05) is 6.07 Å². The highest BCUT2D eigenvalue weighted by Gasteiger charge is 2.16. The zero-order valence-electron chi connectivity index (χ0n) is 8.21. The number of hydrogen-bond donors (Lipinski definition) is 3. The molecule has 1 unspecified atom stereocenters. The van der Waals surface area contributed by atoms with E-state index in [1.54, 1.807) is 20.0 Å². The molecule has 0 saturated carbocycles. The van der Waals surface area contributed by atoms with Crippen molar-refractivity contribution in [1.82, 2.24) is 5.32 Å². The van der Waals surface area contributed by atoms with Gasteiger partial charge >= 0.3 is 0 Å². The molecule has 0 spiro atoms. The molecule has 0 heterocycles. The fourth-order valence-electron chi connectivity index (χ4n) is 1.30. The van der Waals surface area contributed by atoms with Crippen molar-refractivity contribution < 1.29 is 10.2 Å². The zero-order chi connectivity index (χ0) is 10.7. The van der Waals surface area contributed by atoms with Gasteiger partial charge in [-0.1, -0.05) is 22.0 Å². The number of phenols is 1. The van der Waals surface area contributed by atoms with Crippen LogP contribution in [0.25, 0.3) is 0 Å². The van der Waals surface area contributed by atoms with Crippen LogP contribution >= 0.6 is 15.9 Å². The summed E-state index contributed by atoms with van der Waals surface area (Å²) in [6, 6.07) is 3.62. The van der Waals surface area contributed by atoms with Gasteiger partial charge in [0, 0.05) is 16.6 Å². The molecule has 1 aromatic rings. The monoisotopic (exact) mass is 259 g/mol. The zero-order valence-corrected chi connectivity index (χ0v) is 9.80. The second kappa shape index (κ2) is 4.77. The average molecular weight is 260 g/mol. The van der Waals surface area contributed by atoms with Crippen LogP contribution in [0.15, 0.2) is 16.6 Å². The number of aliphatic hydroxyl groups is 1. The summed E-state index contributed by atoms with van der Waals surface area (Å²) in [5, 5.41) is 22.4. The minimum atomic E-state index is -0.700. The summed E-state index contributed by atoms with van der Waals surface area (Å²) in [4.78, 5) is 0. The van der Waals surface area contributed by atoms with E-state index in [2.05, 4.69) is 21.2 Å². The van der Waals surface area contributed by atoms with Crippen LogP contribution < -0.4 is 5.32 Å². The van der Waals surface area contributed by atoms with Gasteiger partial charge in [0.2, 0.25) is 0 Å². The van der Waals surface area contributed by atoms with Crippen LogP contribution in [0.4, 0.5) is 0 Å². The summed E-state index contributed by atoms with van der Waals surface area (Å²) < 4.78 is 0.725. The molecule has 0 aliphatic carbocycles. The standard InChI is InChI=1S/C10H14BrNO2/c1-6-3-4-7(11)9(10(6)14)8(13)5-12-2/h3-4,8,12-14H,5H2,1-2H3. The lowest BCUT2D eigenvalue weighted by Crippen LogP contribution is -2.17. The molecule has 0 radical (unpaired) electrons. The highest BCUT2D eigenvalue weighted by molar-refractivity contribution is 9.10. The molecular formula is C10H14BrNO2. The number of benzene rings is 1. The van der Waals surface area contributed by atoms with Gasteiger partial charge in [0.05, 0.1) is 6.10 Å². The maximum absolute atomic E-state index is 9.76. The molecule has 3 nitrogen and oxygen atoms in total. The van der Waals surface area contributed by atoms with Crippen LogP contribution in [0.1, 0.15) is 17.2 Å². The van der Waals surface area contributed by atoms with Crippen molar-refractivity contribution in [2.45, 2.75) is 13.0 Å². The Morgan fingerprint density at radius 2 is 2.14 bits per heavy atom. The van der Waals surface area contributed by atoms with E-state index in [4.69, 9.17) is 0 Å². The first-order valence-electron chi connectivity index (χ1n) is 4.38.